The van der Waals surface area contributed by atoms with Crippen molar-refractivity contribution in [1.29, 1.82) is 0 Å². The van der Waals surface area contributed by atoms with E-state index in [4.69, 9.17) is 5.11 Å². The average molecular weight is 266 g/mol. The van der Waals surface area contributed by atoms with Gasteiger partial charge in [0.25, 0.3) is 0 Å². The molecule has 0 spiro atoms. The second-order valence-electron chi connectivity index (χ2n) is 4.33. The molecule has 1 atom stereocenters. The maximum absolute atomic E-state index is 11.8. The van der Waals surface area contributed by atoms with Crippen molar-refractivity contribution in [1.82, 2.24) is 4.90 Å². The van der Waals surface area contributed by atoms with Crippen LogP contribution in [0.2, 0.25) is 0 Å². The minimum Gasteiger partial charge on any atom is -0.505 e. The number of nitrogens with zero attached hydrogens (tertiary/aromatic N) is 1. The van der Waals surface area contributed by atoms with E-state index in [0.717, 1.165) is 0 Å². The lowest BCUT2D eigenvalue weighted by Crippen LogP contribution is -2.33. The monoisotopic (exact) mass is 266 g/mol. The van der Waals surface area contributed by atoms with Crippen LogP contribution in [0.4, 0.5) is 10.5 Å². The first-order valence-corrected chi connectivity index (χ1v) is 5.78. The molecule has 0 aliphatic carbocycles. The van der Waals surface area contributed by atoms with Crippen molar-refractivity contribution in [2.45, 2.75) is 12.5 Å². The van der Waals surface area contributed by atoms with Gasteiger partial charge in [0.2, 0.25) is 0 Å². The molecule has 1 aromatic carbocycles. The van der Waals surface area contributed by atoms with Crippen LogP contribution in [-0.2, 0) is 0 Å². The molecular weight excluding hydrogens is 252 g/mol. The number of carbonyl (C=O) groups excluding carboxylic acids is 1. The maximum atomic E-state index is 11.8. The van der Waals surface area contributed by atoms with Gasteiger partial charge < -0.3 is 25.5 Å². The molecule has 1 saturated heterocycles. The molecule has 0 radical (unpaired) electrons. The lowest BCUT2D eigenvalue weighted by Gasteiger charge is -2.17. The van der Waals surface area contributed by atoms with Gasteiger partial charge in [-0.1, -0.05) is 6.07 Å². The number of anilines is 1. The van der Waals surface area contributed by atoms with Gasteiger partial charge in [0.1, 0.15) is 5.56 Å². The van der Waals surface area contributed by atoms with E-state index in [1.165, 1.54) is 23.1 Å². The number of aromatic carboxylic acids is 1. The number of aromatic hydroxyl groups is 1. The van der Waals surface area contributed by atoms with Crippen molar-refractivity contribution < 1.29 is 24.9 Å². The second kappa shape index (κ2) is 5.15. The Morgan fingerprint density at radius 1 is 1.37 bits per heavy atom. The number of hydrogen-bond acceptors (Lipinski definition) is 4. The summed E-state index contributed by atoms with van der Waals surface area (Å²) in [6.45, 7) is 0.650. The number of aliphatic hydroxyl groups excluding tert-OH is 1. The molecule has 1 fully saturated rings. The van der Waals surface area contributed by atoms with Crippen molar-refractivity contribution in [2.75, 3.05) is 18.4 Å². The Morgan fingerprint density at radius 3 is 2.68 bits per heavy atom. The van der Waals surface area contributed by atoms with E-state index < -0.39 is 23.9 Å². The number of aliphatic hydroxyl groups is 1. The van der Waals surface area contributed by atoms with Crippen molar-refractivity contribution in [3.8, 4) is 5.75 Å². The van der Waals surface area contributed by atoms with E-state index in [2.05, 4.69) is 5.32 Å². The zero-order valence-corrected chi connectivity index (χ0v) is 10.0. The van der Waals surface area contributed by atoms with Crippen LogP contribution < -0.4 is 5.32 Å². The van der Waals surface area contributed by atoms with Crippen molar-refractivity contribution in [2.24, 2.45) is 0 Å². The number of para-hydroxylation sites is 1. The number of rotatable bonds is 2. The van der Waals surface area contributed by atoms with Crippen LogP contribution in [-0.4, -0.2) is 51.4 Å². The smallest absolute Gasteiger partial charge is 0.339 e. The van der Waals surface area contributed by atoms with Gasteiger partial charge in [0.05, 0.1) is 11.8 Å². The fourth-order valence-electron chi connectivity index (χ4n) is 1.94. The van der Waals surface area contributed by atoms with E-state index in [9.17, 15) is 19.8 Å². The fraction of sp³-hybridized carbons (Fsp3) is 0.333. The Kier molecular flexibility index (Phi) is 3.57. The number of hydrogen-bond donors (Lipinski definition) is 4. The Balaban J connectivity index is 2.13. The predicted octanol–water partition coefficient (Wildman–Crippen LogP) is 0.689. The quantitative estimate of drug-likeness (QED) is 0.589. The van der Waals surface area contributed by atoms with Gasteiger partial charge in [0.15, 0.2) is 5.75 Å². The number of phenols is 1. The highest BCUT2D eigenvalue weighted by Crippen LogP contribution is 2.27. The Labute approximate surface area is 109 Å². The van der Waals surface area contributed by atoms with Crippen LogP contribution in [0.3, 0.4) is 0 Å². The summed E-state index contributed by atoms with van der Waals surface area (Å²) in [6.07, 6.45) is -0.0288. The topological polar surface area (TPSA) is 110 Å². The Hall–Kier alpha value is -2.28. The molecule has 1 aliphatic rings. The van der Waals surface area contributed by atoms with Gasteiger partial charge in [-0.3, -0.25) is 0 Å². The fourth-order valence-corrected chi connectivity index (χ4v) is 1.94. The molecule has 7 nitrogen and oxygen atoms in total. The summed E-state index contributed by atoms with van der Waals surface area (Å²) in [5, 5.41) is 30.4. The van der Waals surface area contributed by atoms with Crippen LogP contribution in [0.5, 0.6) is 5.75 Å². The molecule has 19 heavy (non-hydrogen) atoms. The highest BCUT2D eigenvalue weighted by molar-refractivity contribution is 5.97. The van der Waals surface area contributed by atoms with E-state index >= 15 is 0 Å². The highest BCUT2D eigenvalue weighted by Gasteiger charge is 2.25. The van der Waals surface area contributed by atoms with Gasteiger partial charge in [0, 0.05) is 13.1 Å². The summed E-state index contributed by atoms with van der Waals surface area (Å²) in [6, 6.07) is 3.60. The predicted molar refractivity (Wildman–Crippen MR) is 66.3 cm³/mol. The standard InChI is InChI=1S/C12H14N2O5/c15-7-4-5-14(6-7)12(19)13-9-3-1-2-8(10(9)16)11(17)18/h1-3,7,15-16H,4-6H2,(H,13,19)(H,17,18). The summed E-state index contributed by atoms with van der Waals surface area (Å²) in [5.74, 6) is -1.76. The molecule has 7 heteroatoms. The van der Waals surface area contributed by atoms with Crippen LogP contribution >= 0.6 is 0 Å². The number of urea groups is 1. The minimum atomic E-state index is -1.27. The number of carboxylic acid groups (broad SMARTS) is 1. The largest absolute Gasteiger partial charge is 0.505 e. The lowest BCUT2D eigenvalue weighted by molar-refractivity contribution is 0.0693. The SMILES string of the molecule is O=C(O)c1cccc(NC(=O)N2CCC(O)C2)c1O. The summed E-state index contributed by atoms with van der Waals surface area (Å²) in [5.41, 5.74) is -0.245. The van der Waals surface area contributed by atoms with E-state index in [0.29, 0.717) is 13.0 Å². The third-order valence-corrected chi connectivity index (χ3v) is 2.96. The van der Waals surface area contributed by atoms with E-state index in [-0.39, 0.29) is 17.8 Å². The molecule has 1 heterocycles. The van der Waals surface area contributed by atoms with Crippen molar-refractivity contribution >= 4 is 17.7 Å². The first kappa shape index (κ1) is 13.2. The zero-order valence-electron chi connectivity index (χ0n) is 10.0. The molecule has 102 valence electrons. The number of likely N-dealkylation sites (tertiary alicyclic amines) is 1. The first-order chi connectivity index (χ1) is 8.99. The molecule has 1 aliphatic heterocycles. The second-order valence-corrected chi connectivity index (χ2v) is 4.33. The molecule has 0 aromatic heterocycles. The van der Waals surface area contributed by atoms with Crippen molar-refractivity contribution in [3.63, 3.8) is 0 Å². The van der Waals surface area contributed by atoms with Gasteiger partial charge in [-0.05, 0) is 18.6 Å². The Morgan fingerprint density at radius 2 is 2.11 bits per heavy atom. The average Bonchev–Trinajstić information content (AvgIpc) is 2.78. The number of β-amino-alcohol motifs (C(OH)–C–C–N with tert-alkyl or cyclic N) is 1. The minimum absolute atomic E-state index is 0.0336. The van der Waals surface area contributed by atoms with Crippen LogP contribution in [0.15, 0.2) is 18.2 Å². The molecule has 1 unspecified atom stereocenters. The lowest BCUT2D eigenvalue weighted by atomic mass is 10.1. The first-order valence-electron chi connectivity index (χ1n) is 5.78. The summed E-state index contributed by atoms with van der Waals surface area (Å²) in [7, 11) is 0. The van der Waals surface area contributed by atoms with Gasteiger partial charge >= 0.3 is 12.0 Å². The van der Waals surface area contributed by atoms with Crippen LogP contribution in [0.25, 0.3) is 0 Å². The van der Waals surface area contributed by atoms with E-state index in [1.54, 1.807) is 0 Å². The molecule has 0 bridgehead atoms. The number of nitrogens with one attached hydrogen (secondary N) is 1. The maximum Gasteiger partial charge on any atom is 0.339 e. The van der Waals surface area contributed by atoms with E-state index in [1.807, 2.05) is 0 Å². The number of carboxylic acids is 1. The molecule has 0 saturated carbocycles. The van der Waals surface area contributed by atoms with Gasteiger partial charge in [-0.15, -0.1) is 0 Å². The van der Waals surface area contributed by atoms with Gasteiger partial charge in [-0.2, -0.15) is 0 Å². The van der Waals surface area contributed by atoms with Gasteiger partial charge in [-0.25, -0.2) is 9.59 Å². The molecule has 2 rings (SSSR count). The van der Waals surface area contributed by atoms with Crippen LogP contribution in [0, 0.1) is 0 Å². The molecular formula is C12H14N2O5. The molecule has 4 N–H and O–H groups in total. The molecule has 2 amide bonds. The third kappa shape index (κ3) is 2.76. The Bertz CT molecular complexity index is 517. The number of carbonyl (C=O) groups is 2. The third-order valence-electron chi connectivity index (χ3n) is 2.96. The van der Waals surface area contributed by atoms with Crippen LogP contribution in [0.1, 0.15) is 16.8 Å². The number of benzene rings is 1. The normalized spacial score (nSPS) is 18.4. The summed E-state index contributed by atoms with van der Waals surface area (Å²) < 4.78 is 0. The van der Waals surface area contributed by atoms with Crippen molar-refractivity contribution in [3.05, 3.63) is 23.8 Å². The molecule has 1 aromatic rings. The summed E-state index contributed by atoms with van der Waals surface area (Å²) >= 11 is 0. The highest BCUT2D eigenvalue weighted by atomic mass is 16.4. The summed E-state index contributed by atoms with van der Waals surface area (Å²) in [4.78, 5) is 24.1. The number of amides is 2. The zero-order chi connectivity index (χ0) is 14.0.